The van der Waals surface area contributed by atoms with Crippen LogP contribution in [0.5, 0.6) is 0 Å². The van der Waals surface area contributed by atoms with Crippen LogP contribution in [-0.2, 0) is 23.6 Å². The van der Waals surface area contributed by atoms with Gasteiger partial charge in [0.1, 0.15) is 0 Å². The molecule has 0 N–H and O–H groups in total. The van der Waals surface area contributed by atoms with Crippen molar-refractivity contribution in [1.82, 2.24) is 14.1 Å². The summed E-state index contributed by atoms with van der Waals surface area (Å²) < 4.78 is 29.0. The highest BCUT2D eigenvalue weighted by Crippen LogP contribution is 2.25. The average molecular weight is 321 g/mol. The van der Waals surface area contributed by atoms with E-state index in [1.807, 2.05) is 46.9 Å². The molecule has 0 saturated carbocycles. The van der Waals surface area contributed by atoms with E-state index in [2.05, 4.69) is 5.10 Å². The van der Waals surface area contributed by atoms with Crippen molar-refractivity contribution in [3.05, 3.63) is 46.3 Å². The van der Waals surface area contributed by atoms with Crippen LogP contribution >= 0.6 is 0 Å². The van der Waals surface area contributed by atoms with Gasteiger partial charge in [-0.25, -0.2) is 8.42 Å². The molecule has 0 fully saturated rings. The fraction of sp³-hybridized carbons (Fsp3) is 0.438. The molecule has 22 heavy (non-hydrogen) atoms. The van der Waals surface area contributed by atoms with Crippen molar-refractivity contribution in [2.75, 3.05) is 7.05 Å². The maximum atomic E-state index is 12.9. The Kier molecular flexibility index (Phi) is 4.44. The minimum absolute atomic E-state index is 0.314. The van der Waals surface area contributed by atoms with E-state index in [-0.39, 0.29) is 0 Å². The molecule has 1 aromatic heterocycles. The number of benzene rings is 1. The molecule has 1 heterocycles. The normalized spacial score (nSPS) is 12.1. The number of nitrogens with zero attached hydrogens (tertiary/aromatic N) is 3. The van der Waals surface area contributed by atoms with Gasteiger partial charge in [0.15, 0.2) is 0 Å². The summed E-state index contributed by atoms with van der Waals surface area (Å²) in [6, 6.07) is 3.81. The molecule has 2 aromatic rings. The molecule has 0 atom stereocenters. The molecule has 0 bridgehead atoms. The predicted octanol–water partition coefficient (Wildman–Crippen LogP) is 2.47. The first kappa shape index (κ1) is 16.7. The Labute approximate surface area is 132 Å². The van der Waals surface area contributed by atoms with Gasteiger partial charge in [0.25, 0.3) is 0 Å². The number of aryl methyl sites for hydroxylation is 4. The van der Waals surface area contributed by atoms with E-state index in [1.54, 1.807) is 17.9 Å². The van der Waals surface area contributed by atoms with Crippen molar-refractivity contribution in [2.24, 2.45) is 7.05 Å². The molecule has 2 rings (SSSR count). The third kappa shape index (κ3) is 2.94. The summed E-state index contributed by atoms with van der Waals surface area (Å²) in [5.74, 6) is 0. The summed E-state index contributed by atoms with van der Waals surface area (Å²) in [6.45, 7) is 7.91. The zero-order valence-electron chi connectivity index (χ0n) is 14.0. The third-order valence-corrected chi connectivity index (χ3v) is 6.11. The topological polar surface area (TPSA) is 55.2 Å². The van der Waals surface area contributed by atoms with Crippen LogP contribution in [0.3, 0.4) is 0 Å². The molecule has 0 radical (unpaired) electrons. The van der Waals surface area contributed by atoms with Gasteiger partial charge in [0, 0.05) is 31.9 Å². The largest absolute Gasteiger partial charge is 0.273 e. The molecule has 0 aliphatic rings. The number of hydrogen-bond donors (Lipinski definition) is 0. The average Bonchev–Trinajstić information content (AvgIpc) is 2.69. The molecular weight excluding hydrogens is 298 g/mol. The van der Waals surface area contributed by atoms with Gasteiger partial charge in [0.2, 0.25) is 10.0 Å². The Morgan fingerprint density at radius 1 is 1.14 bits per heavy atom. The fourth-order valence-corrected chi connectivity index (χ4v) is 4.31. The molecule has 120 valence electrons. The maximum Gasteiger partial charge on any atom is 0.243 e. The SMILES string of the molecule is Cc1cc(C)c(S(=O)(=O)N(C)Cc2cnn(C)c2C)c(C)c1. The predicted molar refractivity (Wildman–Crippen MR) is 87.3 cm³/mol. The zero-order chi connectivity index (χ0) is 16.7. The number of rotatable bonds is 4. The van der Waals surface area contributed by atoms with Crippen molar-refractivity contribution in [2.45, 2.75) is 39.1 Å². The van der Waals surface area contributed by atoms with Crippen LogP contribution in [-0.4, -0.2) is 29.6 Å². The number of sulfonamides is 1. The minimum Gasteiger partial charge on any atom is -0.273 e. The van der Waals surface area contributed by atoms with Crippen molar-refractivity contribution >= 4 is 10.0 Å². The second-order valence-electron chi connectivity index (χ2n) is 5.87. The molecular formula is C16H23N3O2S. The molecule has 0 unspecified atom stereocenters. The highest BCUT2D eigenvalue weighted by molar-refractivity contribution is 7.89. The first-order valence-electron chi connectivity index (χ1n) is 7.16. The van der Waals surface area contributed by atoms with E-state index in [9.17, 15) is 8.42 Å². The van der Waals surface area contributed by atoms with Gasteiger partial charge in [-0.15, -0.1) is 0 Å². The Morgan fingerprint density at radius 3 is 2.14 bits per heavy atom. The zero-order valence-corrected chi connectivity index (χ0v) is 14.8. The Morgan fingerprint density at radius 2 is 1.68 bits per heavy atom. The summed E-state index contributed by atoms with van der Waals surface area (Å²) in [7, 11) is -0.0661. The van der Waals surface area contributed by atoms with E-state index in [1.165, 1.54) is 4.31 Å². The lowest BCUT2D eigenvalue weighted by atomic mass is 10.1. The number of hydrogen-bond acceptors (Lipinski definition) is 3. The molecule has 0 spiro atoms. The van der Waals surface area contributed by atoms with E-state index in [4.69, 9.17) is 0 Å². The summed E-state index contributed by atoms with van der Waals surface area (Å²) in [5.41, 5.74) is 4.52. The summed E-state index contributed by atoms with van der Waals surface area (Å²) in [5, 5.41) is 4.17. The summed E-state index contributed by atoms with van der Waals surface area (Å²) >= 11 is 0. The maximum absolute atomic E-state index is 12.9. The molecule has 0 aliphatic carbocycles. The van der Waals surface area contributed by atoms with Crippen LogP contribution in [0, 0.1) is 27.7 Å². The lowest BCUT2D eigenvalue weighted by molar-refractivity contribution is 0.464. The van der Waals surface area contributed by atoms with Crippen molar-refractivity contribution in [3.63, 3.8) is 0 Å². The van der Waals surface area contributed by atoms with E-state index in [0.717, 1.165) is 27.9 Å². The van der Waals surface area contributed by atoms with Crippen LogP contribution in [0.4, 0.5) is 0 Å². The van der Waals surface area contributed by atoms with Crippen LogP contribution < -0.4 is 0 Å². The Hall–Kier alpha value is -1.66. The van der Waals surface area contributed by atoms with Gasteiger partial charge in [-0.1, -0.05) is 17.7 Å². The quantitative estimate of drug-likeness (QED) is 0.869. The van der Waals surface area contributed by atoms with Crippen molar-refractivity contribution in [3.8, 4) is 0 Å². The highest BCUT2D eigenvalue weighted by atomic mass is 32.2. The molecule has 5 nitrogen and oxygen atoms in total. The van der Waals surface area contributed by atoms with Crippen molar-refractivity contribution < 1.29 is 8.42 Å². The van der Waals surface area contributed by atoms with Gasteiger partial charge < -0.3 is 0 Å². The first-order valence-corrected chi connectivity index (χ1v) is 8.60. The molecule has 1 aromatic carbocycles. The van der Waals surface area contributed by atoms with Gasteiger partial charge in [-0.05, 0) is 38.8 Å². The van der Waals surface area contributed by atoms with Gasteiger partial charge in [-0.2, -0.15) is 9.40 Å². The van der Waals surface area contributed by atoms with Crippen LogP contribution in [0.2, 0.25) is 0 Å². The van der Waals surface area contributed by atoms with Gasteiger partial charge in [-0.3, -0.25) is 4.68 Å². The minimum atomic E-state index is -3.53. The summed E-state index contributed by atoms with van der Waals surface area (Å²) in [4.78, 5) is 0.405. The molecule has 0 amide bonds. The van der Waals surface area contributed by atoms with E-state index < -0.39 is 10.0 Å². The Balaban J connectivity index is 2.40. The monoisotopic (exact) mass is 321 g/mol. The van der Waals surface area contributed by atoms with E-state index in [0.29, 0.717) is 11.4 Å². The van der Waals surface area contributed by atoms with Crippen LogP contribution in [0.15, 0.2) is 23.2 Å². The number of aromatic nitrogens is 2. The van der Waals surface area contributed by atoms with Crippen molar-refractivity contribution in [1.29, 1.82) is 0 Å². The Bertz CT molecular complexity index is 784. The van der Waals surface area contributed by atoms with E-state index >= 15 is 0 Å². The van der Waals surface area contributed by atoms with Crippen LogP contribution in [0.25, 0.3) is 0 Å². The third-order valence-electron chi connectivity index (χ3n) is 4.00. The first-order chi connectivity index (χ1) is 10.1. The standard InChI is InChI=1S/C16H23N3O2S/c1-11-7-12(2)16(13(3)8-11)22(20,21)18(5)10-15-9-17-19(6)14(15)4/h7-9H,10H2,1-6H3. The molecule has 6 heteroatoms. The molecule has 0 saturated heterocycles. The highest BCUT2D eigenvalue weighted by Gasteiger charge is 2.25. The smallest absolute Gasteiger partial charge is 0.243 e. The fourth-order valence-electron chi connectivity index (χ4n) is 2.75. The van der Waals surface area contributed by atoms with Gasteiger partial charge in [0.05, 0.1) is 11.1 Å². The lowest BCUT2D eigenvalue weighted by Crippen LogP contribution is -2.28. The summed E-state index contributed by atoms with van der Waals surface area (Å²) in [6.07, 6.45) is 1.72. The second kappa shape index (κ2) is 5.85. The lowest BCUT2D eigenvalue weighted by Gasteiger charge is -2.20. The van der Waals surface area contributed by atoms with Gasteiger partial charge >= 0.3 is 0 Å². The molecule has 0 aliphatic heterocycles. The second-order valence-corrected chi connectivity index (χ2v) is 7.85. The van der Waals surface area contributed by atoms with Crippen LogP contribution in [0.1, 0.15) is 27.9 Å².